The fraction of sp³-hybridized carbons (Fsp3) is 1.00. The second-order valence-electron chi connectivity index (χ2n) is 7.84. The summed E-state index contributed by atoms with van der Waals surface area (Å²) < 4.78 is 39.6. The van der Waals surface area contributed by atoms with Crippen LogP contribution in [0, 0.1) is 5.41 Å². The Kier molecular flexibility index (Phi) is 8.95. The molecule has 3 unspecified atom stereocenters. The molecule has 0 spiro atoms. The summed E-state index contributed by atoms with van der Waals surface area (Å²) in [4.78, 5) is 0. The summed E-state index contributed by atoms with van der Waals surface area (Å²) in [5, 5.41) is 0. The summed E-state index contributed by atoms with van der Waals surface area (Å²) in [5.74, 6) is 0. The van der Waals surface area contributed by atoms with Crippen LogP contribution < -0.4 is 0 Å². The average molecular weight is 393 g/mol. The highest BCUT2D eigenvalue weighted by molar-refractivity contribution is 6.64. The number of ether oxygens (including phenoxy) is 5. The Bertz CT molecular complexity index is 381. The lowest BCUT2D eigenvalue weighted by molar-refractivity contribution is -0.0840. The Labute approximate surface area is 158 Å². The third-order valence-electron chi connectivity index (χ3n) is 4.72. The molecule has 0 radical (unpaired) electrons. The van der Waals surface area contributed by atoms with Crippen LogP contribution >= 0.6 is 0 Å². The van der Waals surface area contributed by atoms with E-state index in [0.29, 0.717) is 39.6 Å². The molecule has 0 N–H and O–H groups in total. The van der Waals surface area contributed by atoms with Crippen LogP contribution in [0.15, 0.2) is 0 Å². The Morgan fingerprint density at radius 2 is 1.50 bits per heavy atom. The maximum absolute atomic E-state index is 6.01. The first-order valence-corrected chi connectivity index (χ1v) is 12.4. The molecule has 7 nitrogen and oxygen atoms in total. The molecule has 0 aromatic carbocycles. The normalized spacial score (nSPS) is 25.7. The van der Waals surface area contributed by atoms with Crippen LogP contribution in [0.1, 0.15) is 20.3 Å². The number of hydrogen-bond acceptors (Lipinski definition) is 7. The maximum Gasteiger partial charge on any atom is 0.331 e. The third-order valence-corrected chi connectivity index (χ3v) is 6.67. The molecule has 2 fully saturated rings. The highest BCUT2D eigenvalue weighted by Crippen LogP contribution is 2.26. The van der Waals surface area contributed by atoms with Crippen molar-refractivity contribution < 1.29 is 32.5 Å². The van der Waals surface area contributed by atoms with Gasteiger partial charge in [0.2, 0.25) is 0 Å². The minimum absolute atomic E-state index is 0.00672. The summed E-state index contributed by atoms with van der Waals surface area (Å²) in [5.41, 5.74) is -0.169. The maximum atomic E-state index is 6.01. The summed E-state index contributed by atoms with van der Waals surface area (Å²) in [6.07, 6.45) is 1.44. The molecule has 26 heavy (non-hydrogen) atoms. The molecule has 0 aromatic rings. The lowest BCUT2D eigenvalue weighted by Crippen LogP contribution is -2.41. The van der Waals surface area contributed by atoms with E-state index >= 15 is 0 Å². The molecule has 2 aliphatic heterocycles. The molecular weight excluding hydrogens is 356 g/mol. The summed E-state index contributed by atoms with van der Waals surface area (Å²) >= 11 is 0. The molecule has 154 valence electrons. The molecular formula is C18H36O7Si. The Morgan fingerprint density at radius 1 is 1.00 bits per heavy atom. The predicted octanol–water partition coefficient (Wildman–Crippen LogP) is 1.98. The fourth-order valence-corrected chi connectivity index (χ4v) is 3.71. The quantitative estimate of drug-likeness (QED) is 0.294. The van der Waals surface area contributed by atoms with Crippen molar-refractivity contribution in [3.8, 4) is 0 Å². The van der Waals surface area contributed by atoms with E-state index < -0.39 is 8.56 Å². The van der Waals surface area contributed by atoms with E-state index in [1.807, 2.05) is 20.0 Å². The van der Waals surface area contributed by atoms with Gasteiger partial charge in [0.1, 0.15) is 12.2 Å². The van der Waals surface area contributed by atoms with E-state index in [2.05, 4.69) is 6.92 Å². The second kappa shape index (κ2) is 10.5. The Morgan fingerprint density at radius 3 is 1.92 bits per heavy atom. The van der Waals surface area contributed by atoms with Crippen molar-refractivity contribution in [2.24, 2.45) is 5.41 Å². The van der Waals surface area contributed by atoms with E-state index in [0.717, 1.165) is 19.6 Å². The highest BCUT2D eigenvalue weighted by atomic mass is 28.4. The van der Waals surface area contributed by atoms with Crippen molar-refractivity contribution in [2.45, 2.75) is 51.7 Å². The van der Waals surface area contributed by atoms with Crippen LogP contribution in [0.4, 0.5) is 0 Å². The number of hydrogen-bond donors (Lipinski definition) is 0. The summed E-state index contributed by atoms with van der Waals surface area (Å²) in [6.45, 7) is 13.4. The summed E-state index contributed by atoms with van der Waals surface area (Å²) in [6, 6.07) is 0. The van der Waals surface area contributed by atoms with Gasteiger partial charge in [0.25, 0.3) is 0 Å². The van der Waals surface area contributed by atoms with E-state index in [9.17, 15) is 0 Å². The van der Waals surface area contributed by atoms with Gasteiger partial charge in [-0.15, -0.1) is 0 Å². The first kappa shape index (κ1) is 22.2. The van der Waals surface area contributed by atoms with Crippen molar-refractivity contribution in [2.75, 3.05) is 60.0 Å². The largest absolute Gasteiger partial charge is 0.398 e. The van der Waals surface area contributed by atoms with Gasteiger partial charge in [-0.3, -0.25) is 0 Å². The van der Waals surface area contributed by atoms with Gasteiger partial charge >= 0.3 is 8.56 Å². The minimum Gasteiger partial charge on any atom is -0.398 e. The van der Waals surface area contributed by atoms with Crippen LogP contribution in [0.25, 0.3) is 0 Å². The molecule has 0 aromatic heterocycles. The zero-order chi connectivity index (χ0) is 19.0. The van der Waals surface area contributed by atoms with Gasteiger partial charge in [0, 0.05) is 12.5 Å². The van der Waals surface area contributed by atoms with Crippen molar-refractivity contribution in [1.82, 2.24) is 0 Å². The zero-order valence-electron chi connectivity index (χ0n) is 17.0. The van der Waals surface area contributed by atoms with E-state index in [-0.39, 0.29) is 23.7 Å². The Hall–Kier alpha value is -0.0631. The lowest BCUT2D eigenvalue weighted by atomic mass is 9.88. The second-order valence-corrected chi connectivity index (χ2v) is 11.3. The molecule has 8 heteroatoms. The van der Waals surface area contributed by atoms with Crippen molar-refractivity contribution >= 4 is 8.56 Å². The summed E-state index contributed by atoms with van der Waals surface area (Å²) in [7, 11) is -0.357. The van der Waals surface area contributed by atoms with Gasteiger partial charge < -0.3 is 32.5 Å². The standard InChI is InChI=1S/C18H36O7Si/c1-6-18(13-21-8-16-10-23-16,14-22-9-17-11-24-17)12-20-7-15(2)25-26(4,5)19-3/h15-17H,6-14H2,1-5H3. The van der Waals surface area contributed by atoms with Gasteiger partial charge in [-0.05, 0) is 26.4 Å². The molecule has 0 aliphatic carbocycles. The third kappa shape index (κ3) is 8.75. The van der Waals surface area contributed by atoms with E-state index in [1.165, 1.54) is 0 Å². The van der Waals surface area contributed by atoms with Crippen molar-refractivity contribution in [3.63, 3.8) is 0 Å². The highest BCUT2D eigenvalue weighted by Gasteiger charge is 2.33. The monoisotopic (exact) mass is 392 g/mol. The fourth-order valence-electron chi connectivity index (χ4n) is 2.58. The zero-order valence-corrected chi connectivity index (χ0v) is 18.0. The van der Waals surface area contributed by atoms with Gasteiger partial charge in [-0.25, -0.2) is 0 Å². The lowest BCUT2D eigenvalue weighted by Gasteiger charge is -2.33. The van der Waals surface area contributed by atoms with Crippen molar-refractivity contribution in [3.05, 3.63) is 0 Å². The van der Waals surface area contributed by atoms with E-state index in [4.69, 9.17) is 32.5 Å². The van der Waals surface area contributed by atoms with Gasteiger partial charge in [0.15, 0.2) is 0 Å². The number of rotatable bonds is 16. The minimum atomic E-state index is -2.06. The SMILES string of the molecule is CCC(COCC(C)O[Si](C)(C)OC)(COCC1CO1)COCC1CO1. The molecule has 0 amide bonds. The van der Waals surface area contributed by atoms with E-state index in [1.54, 1.807) is 7.11 Å². The average Bonchev–Trinajstić information content (AvgIpc) is 3.49. The van der Waals surface area contributed by atoms with Gasteiger partial charge in [-0.2, -0.15) is 0 Å². The molecule has 3 atom stereocenters. The smallest absolute Gasteiger partial charge is 0.331 e. The molecule has 0 bridgehead atoms. The Balaban J connectivity index is 1.75. The molecule has 2 rings (SSSR count). The molecule has 2 heterocycles. The topological polar surface area (TPSA) is 71.2 Å². The predicted molar refractivity (Wildman–Crippen MR) is 99.7 cm³/mol. The van der Waals surface area contributed by atoms with Crippen molar-refractivity contribution in [1.29, 1.82) is 0 Å². The van der Waals surface area contributed by atoms with Crippen LogP contribution in [0.2, 0.25) is 13.1 Å². The molecule has 0 saturated carbocycles. The van der Waals surface area contributed by atoms with Crippen LogP contribution in [-0.4, -0.2) is 86.8 Å². The first-order valence-electron chi connectivity index (χ1n) is 9.57. The van der Waals surface area contributed by atoms with Gasteiger partial charge in [-0.1, -0.05) is 6.92 Å². The molecule has 2 saturated heterocycles. The van der Waals surface area contributed by atoms with Gasteiger partial charge in [0.05, 0.1) is 59.0 Å². The van der Waals surface area contributed by atoms with Crippen LogP contribution in [0.3, 0.4) is 0 Å². The molecule has 2 aliphatic rings. The van der Waals surface area contributed by atoms with Crippen LogP contribution in [0.5, 0.6) is 0 Å². The number of epoxide rings is 2. The van der Waals surface area contributed by atoms with Crippen LogP contribution in [-0.2, 0) is 32.5 Å². The first-order chi connectivity index (χ1) is 12.4.